The smallest absolute Gasteiger partial charge is 0.229 e. The molecule has 0 amide bonds. The normalized spacial score (nSPS) is 15.3. The van der Waals surface area contributed by atoms with Gasteiger partial charge in [0, 0.05) is 17.7 Å². The first-order valence-corrected chi connectivity index (χ1v) is 6.46. The SMILES string of the molecule is Cc1ccc(P(=O)(O)CCC=NO)cc1. The van der Waals surface area contributed by atoms with Crippen LogP contribution < -0.4 is 5.30 Å². The summed E-state index contributed by atoms with van der Waals surface area (Å²) in [5.74, 6) is 0. The van der Waals surface area contributed by atoms with E-state index in [0.29, 0.717) is 5.30 Å². The highest BCUT2D eigenvalue weighted by Gasteiger charge is 2.19. The van der Waals surface area contributed by atoms with Crippen molar-refractivity contribution in [1.29, 1.82) is 0 Å². The lowest BCUT2D eigenvalue weighted by molar-refractivity contribution is 0.320. The highest BCUT2D eigenvalue weighted by atomic mass is 31.2. The maximum absolute atomic E-state index is 11.8. The van der Waals surface area contributed by atoms with Gasteiger partial charge in [0.15, 0.2) is 0 Å². The van der Waals surface area contributed by atoms with Crippen LogP contribution in [-0.4, -0.2) is 22.5 Å². The van der Waals surface area contributed by atoms with E-state index in [1.54, 1.807) is 24.3 Å². The molecule has 0 radical (unpaired) electrons. The molecule has 1 aromatic carbocycles. The fourth-order valence-corrected chi connectivity index (χ4v) is 2.54. The number of rotatable bonds is 4. The third kappa shape index (κ3) is 3.50. The van der Waals surface area contributed by atoms with E-state index in [-0.39, 0.29) is 12.6 Å². The number of hydrogen-bond acceptors (Lipinski definition) is 3. The van der Waals surface area contributed by atoms with Crippen LogP contribution in [0.3, 0.4) is 0 Å². The molecule has 0 spiro atoms. The molecule has 4 nitrogen and oxygen atoms in total. The van der Waals surface area contributed by atoms with E-state index in [2.05, 4.69) is 5.16 Å². The molecule has 1 aromatic rings. The Balaban J connectivity index is 2.77. The van der Waals surface area contributed by atoms with E-state index in [0.717, 1.165) is 5.56 Å². The third-order valence-electron chi connectivity index (χ3n) is 2.08. The lowest BCUT2D eigenvalue weighted by Gasteiger charge is -2.10. The average Bonchev–Trinajstić information content (AvgIpc) is 2.18. The number of benzene rings is 1. The highest BCUT2D eigenvalue weighted by Crippen LogP contribution is 2.39. The molecular formula is C10H14NO3P. The monoisotopic (exact) mass is 227 g/mol. The maximum Gasteiger partial charge on any atom is 0.229 e. The number of aryl methyl sites for hydroxylation is 1. The molecule has 0 heterocycles. The van der Waals surface area contributed by atoms with Crippen molar-refractivity contribution < 1.29 is 14.7 Å². The summed E-state index contributed by atoms with van der Waals surface area (Å²) in [6.07, 6.45) is 1.61. The minimum Gasteiger partial charge on any atom is -0.411 e. The van der Waals surface area contributed by atoms with Gasteiger partial charge in [0.25, 0.3) is 0 Å². The number of oxime groups is 1. The second-order valence-corrected chi connectivity index (χ2v) is 5.71. The first-order chi connectivity index (χ1) is 7.06. The summed E-state index contributed by atoms with van der Waals surface area (Å²) >= 11 is 0. The molecule has 0 fully saturated rings. The van der Waals surface area contributed by atoms with Crippen molar-refractivity contribution in [2.24, 2.45) is 5.16 Å². The molecule has 1 rings (SSSR count). The molecule has 2 N–H and O–H groups in total. The van der Waals surface area contributed by atoms with Gasteiger partial charge in [0.2, 0.25) is 7.37 Å². The van der Waals surface area contributed by atoms with Crippen LogP contribution in [0.15, 0.2) is 29.4 Å². The quantitative estimate of drug-likeness (QED) is 0.356. The molecule has 82 valence electrons. The van der Waals surface area contributed by atoms with Crippen LogP contribution in [0.25, 0.3) is 0 Å². The van der Waals surface area contributed by atoms with Gasteiger partial charge >= 0.3 is 0 Å². The van der Waals surface area contributed by atoms with E-state index in [1.807, 2.05) is 6.92 Å². The van der Waals surface area contributed by atoms with Gasteiger partial charge in [-0.15, -0.1) is 5.16 Å². The molecular weight excluding hydrogens is 213 g/mol. The minimum atomic E-state index is -3.30. The van der Waals surface area contributed by atoms with Crippen LogP contribution >= 0.6 is 7.37 Å². The van der Waals surface area contributed by atoms with Crippen molar-refractivity contribution in [3.8, 4) is 0 Å². The highest BCUT2D eigenvalue weighted by molar-refractivity contribution is 7.66. The zero-order valence-corrected chi connectivity index (χ0v) is 9.39. The summed E-state index contributed by atoms with van der Waals surface area (Å²) in [4.78, 5) is 9.72. The van der Waals surface area contributed by atoms with Crippen molar-refractivity contribution in [1.82, 2.24) is 0 Å². The second-order valence-electron chi connectivity index (χ2n) is 3.35. The van der Waals surface area contributed by atoms with Crippen LogP contribution in [0.5, 0.6) is 0 Å². The third-order valence-corrected chi connectivity index (χ3v) is 4.05. The molecule has 15 heavy (non-hydrogen) atoms. The van der Waals surface area contributed by atoms with E-state index in [9.17, 15) is 9.46 Å². The summed E-state index contributed by atoms with van der Waals surface area (Å²) in [6.45, 7) is 1.92. The lowest BCUT2D eigenvalue weighted by Crippen LogP contribution is -2.07. The van der Waals surface area contributed by atoms with Crippen molar-refractivity contribution in [3.05, 3.63) is 29.8 Å². The Bertz CT molecular complexity index is 386. The van der Waals surface area contributed by atoms with E-state index in [1.165, 1.54) is 6.21 Å². The predicted molar refractivity (Wildman–Crippen MR) is 60.4 cm³/mol. The Morgan fingerprint density at radius 1 is 1.40 bits per heavy atom. The fourth-order valence-electron chi connectivity index (χ4n) is 1.20. The first kappa shape index (κ1) is 12.0. The zero-order chi connectivity index (χ0) is 11.3. The first-order valence-electron chi connectivity index (χ1n) is 4.61. The average molecular weight is 227 g/mol. The largest absolute Gasteiger partial charge is 0.411 e. The Labute approximate surface area is 88.7 Å². The molecule has 0 aliphatic carbocycles. The Morgan fingerprint density at radius 2 is 2.00 bits per heavy atom. The molecule has 1 unspecified atom stereocenters. The van der Waals surface area contributed by atoms with Gasteiger partial charge in [-0.1, -0.05) is 17.7 Å². The van der Waals surface area contributed by atoms with Crippen molar-refractivity contribution >= 4 is 18.9 Å². The van der Waals surface area contributed by atoms with Crippen molar-refractivity contribution in [2.75, 3.05) is 6.16 Å². The van der Waals surface area contributed by atoms with E-state index < -0.39 is 7.37 Å². The minimum absolute atomic E-state index is 0.0973. The van der Waals surface area contributed by atoms with Gasteiger partial charge in [-0.2, -0.15) is 0 Å². The molecule has 0 aliphatic rings. The molecule has 0 saturated heterocycles. The molecule has 1 atom stereocenters. The van der Waals surface area contributed by atoms with Crippen molar-refractivity contribution in [2.45, 2.75) is 13.3 Å². The summed E-state index contributed by atoms with van der Waals surface area (Å²) in [6, 6.07) is 6.93. The second kappa shape index (κ2) is 5.10. The summed E-state index contributed by atoms with van der Waals surface area (Å²) < 4.78 is 11.8. The predicted octanol–water partition coefficient (Wildman–Crippen LogP) is 1.74. The summed E-state index contributed by atoms with van der Waals surface area (Å²) in [7, 11) is -3.30. The Morgan fingerprint density at radius 3 is 2.53 bits per heavy atom. The number of nitrogens with zero attached hydrogens (tertiary/aromatic N) is 1. The lowest BCUT2D eigenvalue weighted by atomic mass is 10.2. The van der Waals surface area contributed by atoms with Gasteiger partial charge in [0.05, 0.1) is 0 Å². The van der Waals surface area contributed by atoms with Crippen LogP contribution in [0.1, 0.15) is 12.0 Å². The molecule has 5 heteroatoms. The zero-order valence-electron chi connectivity index (χ0n) is 8.50. The van der Waals surface area contributed by atoms with Gasteiger partial charge < -0.3 is 10.1 Å². The van der Waals surface area contributed by atoms with Crippen molar-refractivity contribution in [3.63, 3.8) is 0 Å². The number of hydrogen-bond donors (Lipinski definition) is 2. The maximum atomic E-state index is 11.8. The Kier molecular flexibility index (Phi) is 4.06. The van der Waals surface area contributed by atoms with Gasteiger partial charge in [-0.3, -0.25) is 4.57 Å². The van der Waals surface area contributed by atoms with Crippen LogP contribution in [0.2, 0.25) is 0 Å². The van der Waals surface area contributed by atoms with Gasteiger partial charge in [-0.05, 0) is 25.5 Å². The van der Waals surface area contributed by atoms with Gasteiger partial charge in [0.1, 0.15) is 0 Å². The molecule has 0 saturated carbocycles. The Hall–Kier alpha value is -1.12. The molecule has 0 bridgehead atoms. The molecule has 0 aromatic heterocycles. The van der Waals surface area contributed by atoms with Gasteiger partial charge in [-0.25, -0.2) is 0 Å². The summed E-state index contributed by atoms with van der Waals surface area (Å²) in [5, 5.41) is 11.4. The van der Waals surface area contributed by atoms with Crippen LogP contribution in [0.4, 0.5) is 0 Å². The van der Waals surface area contributed by atoms with Crippen LogP contribution in [0, 0.1) is 6.92 Å². The molecule has 0 aliphatic heterocycles. The standard InChI is InChI=1S/C10H14NO3P/c1-9-3-5-10(6-4-9)15(13,14)8-2-7-11-12/h3-7,12H,2,8H2,1H3,(H,13,14). The topological polar surface area (TPSA) is 69.9 Å². The van der Waals surface area contributed by atoms with E-state index >= 15 is 0 Å². The van der Waals surface area contributed by atoms with Crippen LogP contribution in [-0.2, 0) is 4.57 Å². The summed E-state index contributed by atoms with van der Waals surface area (Å²) in [5.41, 5.74) is 1.05. The van der Waals surface area contributed by atoms with E-state index in [4.69, 9.17) is 5.21 Å². The fraction of sp³-hybridized carbons (Fsp3) is 0.300.